The highest BCUT2D eigenvalue weighted by atomic mass is 16.4. The Kier molecular flexibility index (Phi) is 6.26. The van der Waals surface area contributed by atoms with Crippen molar-refractivity contribution in [3.05, 3.63) is 29.3 Å². The van der Waals surface area contributed by atoms with Crippen molar-refractivity contribution in [3.63, 3.8) is 0 Å². The standard InChI is InChI=1S/C17H25BN2O4/c18-15(2-1-9-21)17(19,16(23)24)6-8-20-7-5-12-3-4-14(22)10-13(12)11-20/h3-4,10,15,21-22H,1-2,5-9,11,19H2,(H,23,24). The van der Waals surface area contributed by atoms with E-state index in [-0.39, 0.29) is 18.8 Å². The van der Waals surface area contributed by atoms with Crippen molar-refractivity contribution in [1.82, 2.24) is 4.90 Å². The third-order valence-corrected chi connectivity index (χ3v) is 4.86. The van der Waals surface area contributed by atoms with Gasteiger partial charge in [0, 0.05) is 26.2 Å². The van der Waals surface area contributed by atoms with E-state index in [4.69, 9.17) is 18.7 Å². The molecule has 5 N–H and O–H groups in total. The molecule has 1 aromatic carbocycles. The number of rotatable bonds is 8. The van der Waals surface area contributed by atoms with Crippen LogP contribution in [0.15, 0.2) is 18.2 Å². The number of aliphatic carboxylic acids is 1. The van der Waals surface area contributed by atoms with Gasteiger partial charge in [-0.1, -0.05) is 12.5 Å². The van der Waals surface area contributed by atoms with Gasteiger partial charge in [-0.2, -0.15) is 0 Å². The van der Waals surface area contributed by atoms with E-state index in [2.05, 4.69) is 4.90 Å². The van der Waals surface area contributed by atoms with Crippen molar-refractivity contribution in [1.29, 1.82) is 0 Å². The van der Waals surface area contributed by atoms with Crippen LogP contribution in [-0.2, 0) is 17.8 Å². The van der Waals surface area contributed by atoms with Gasteiger partial charge in [0.25, 0.3) is 0 Å². The Hall–Kier alpha value is -1.57. The molecular weight excluding hydrogens is 307 g/mol. The molecule has 24 heavy (non-hydrogen) atoms. The lowest BCUT2D eigenvalue weighted by Gasteiger charge is -2.35. The maximum Gasteiger partial charge on any atom is 0.323 e. The second kappa shape index (κ2) is 8.01. The van der Waals surface area contributed by atoms with Gasteiger partial charge in [0.1, 0.15) is 11.3 Å². The molecule has 1 aliphatic rings. The minimum absolute atomic E-state index is 0.0319. The molecule has 1 aliphatic heterocycles. The average Bonchev–Trinajstić information content (AvgIpc) is 2.56. The average molecular weight is 332 g/mol. The molecule has 2 radical (unpaired) electrons. The molecule has 0 spiro atoms. The largest absolute Gasteiger partial charge is 0.508 e. The number of nitrogens with two attached hydrogens (primary N) is 1. The van der Waals surface area contributed by atoms with Gasteiger partial charge in [-0.15, -0.1) is 0 Å². The number of hydrogen-bond donors (Lipinski definition) is 4. The zero-order valence-corrected chi connectivity index (χ0v) is 13.8. The van der Waals surface area contributed by atoms with Gasteiger partial charge >= 0.3 is 5.97 Å². The number of fused-ring (bicyclic) bond motifs is 1. The van der Waals surface area contributed by atoms with Crippen LogP contribution in [0.25, 0.3) is 0 Å². The summed E-state index contributed by atoms with van der Waals surface area (Å²) >= 11 is 0. The van der Waals surface area contributed by atoms with E-state index in [1.165, 1.54) is 5.56 Å². The zero-order valence-electron chi connectivity index (χ0n) is 13.8. The summed E-state index contributed by atoms with van der Waals surface area (Å²) in [6, 6.07) is 5.36. The number of aromatic hydroxyl groups is 1. The summed E-state index contributed by atoms with van der Waals surface area (Å²) in [5.41, 5.74) is 6.85. The number of aliphatic hydroxyl groups excluding tert-OH is 1. The van der Waals surface area contributed by atoms with Crippen LogP contribution in [0.1, 0.15) is 30.4 Å². The molecule has 0 aliphatic carbocycles. The SMILES string of the molecule is [B]C(CCCO)C(N)(CCN1CCc2ccc(O)cc2C1)C(=O)O. The van der Waals surface area contributed by atoms with Gasteiger partial charge in [0.2, 0.25) is 0 Å². The minimum atomic E-state index is -1.51. The van der Waals surface area contributed by atoms with Crippen molar-refractivity contribution in [2.24, 2.45) is 5.73 Å². The molecule has 130 valence electrons. The second-order valence-electron chi connectivity index (χ2n) is 6.55. The Labute approximate surface area is 143 Å². The van der Waals surface area contributed by atoms with Crippen LogP contribution >= 0.6 is 0 Å². The number of hydrogen-bond acceptors (Lipinski definition) is 5. The van der Waals surface area contributed by atoms with E-state index < -0.39 is 17.3 Å². The molecule has 2 rings (SSSR count). The Morgan fingerprint density at radius 1 is 1.42 bits per heavy atom. The first kappa shape index (κ1) is 18.8. The van der Waals surface area contributed by atoms with Crippen LogP contribution in [0, 0.1) is 0 Å². The molecule has 0 aromatic heterocycles. The first-order valence-corrected chi connectivity index (χ1v) is 8.28. The summed E-state index contributed by atoms with van der Waals surface area (Å²) < 4.78 is 0. The summed E-state index contributed by atoms with van der Waals surface area (Å²) in [7, 11) is 5.98. The van der Waals surface area contributed by atoms with Crippen LogP contribution in [-0.4, -0.2) is 59.3 Å². The smallest absolute Gasteiger partial charge is 0.323 e. The Morgan fingerprint density at radius 2 is 2.17 bits per heavy atom. The van der Waals surface area contributed by atoms with Crippen LogP contribution < -0.4 is 5.73 Å². The van der Waals surface area contributed by atoms with E-state index >= 15 is 0 Å². The van der Waals surface area contributed by atoms with Gasteiger partial charge < -0.3 is 21.1 Å². The van der Waals surface area contributed by atoms with Crippen LogP contribution in [0.3, 0.4) is 0 Å². The molecule has 0 fully saturated rings. The van der Waals surface area contributed by atoms with Gasteiger partial charge in [0.05, 0.1) is 7.85 Å². The highest BCUT2D eigenvalue weighted by Gasteiger charge is 2.39. The molecule has 2 unspecified atom stereocenters. The number of benzene rings is 1. The summed E-state index contributed by atoms with van der Waals surface area (Å²) in [4.78, 5) is 13.8. The van der Waals surface area contributed by atoms with Crippen molar-refractivity contribution in [2.45, 2.75) is 43.6 Å². The lowest BCUT2D eigenvalue weighted by Crippen LogP contribution is -2.53. The van der Waals surface area contributed by atoms with Gasteiger partial charge in [-0.25, -0.2) is 0 Å². The highest BCUT2D eigenvalue weighted by molar-refractivity contribution is 6.15. The lowest BCUT2D eigenvalue weighted by molar-refractivity contribution is -0.144. The molecule has 2 atom stereocenters. The Morgan fingerprint density at radius 3 is 2.83 bits per heavy atom. The van der Waals surface area contributed by atoms with Crippen molar-refractivity contribution in [2.75, 3.05) is 19.7 Å². The van der Waals surface area contributed by atoms with Gasteiger partial charge in [-0.3, -0.25) is 9.69 Å². The lowest BCUT2D eigenvalue weighted by atomic mass is 9.67. The van der Waals surface area contributed by atoms with Crippen molar-refractivity contribution >= 4 is 13.8 Å². The first-order chi connectivity index (χ1) is 11.4. The fourth-order valence-electron chi connectivity index (χ4n) is 3.16. The maximum absolute atomic E-state index is 11.6. The van der Waals surface area contributed by atoms with Crippen LogP contribution in [0.2, 0.25) is 5.82 Å². The summed E-state index contributed by atoms with van der Waals surface area (Å²) in [5.74, 6) is -1.58. The van der Waals surface area contributed by atoms with E-state index in [1.54, 1.807) is 12.1 Å². The second-order valence-corrected chi connectivity index (χ2v) is 6.55. The number of phenols is 1. The topological polar surface area (TPSA) is 107 Å². The third kappa shape index (κ3) is 4.29. The predicted octanol–water partition coefficient (Wildman–Crippen LogP) is 0.652. The fourth-order valence-corrected chi connectivity index (χ4v) is 3.16. The molecule has 0 saturated carbocycles. The van der Waals surface area contributed by atoms with Gasteiger partial charge in [-0.05, 0) is 48.3 Å². The van der Waals surface area contributed by atoms with Crippen LogP contribution in [0.4, 0.5) is 0 Å². The Bertz CT molecular complexity index is 584. The molecular formula is C17H25BN2O4. The number of phenolic OH excluding ortho intramolecular Hbond substituents is 1. The molecule has 0 amide bonds. The number of carbonyl (C=O) groups is 1. The predicted molar refractivity (Wildman–Crippen MR) is 92.1 cm³/mol. The molecule has 1 aromatic rings. The maximum atomic E-state index is 11.6. The highest BCUT2D eigenvalue weighted by Crippen LogP contribution is 2.29. The van der Waals surface area contributed by atoms with E-state index in [1.807, 2.05) is 6.07 Å². The van der Waals surface area contributed by atoms with E-state index in [9.17, 15) is 15.0 Å². The molecule has 0 bridgehead atoms. The summed E-state index contributed by atoms with van der Waals surface area (Å²) in [6.07, 6.45) is 1.90. The summed E-state index contributed by atoms with van der Waals surface area (Å²) in [6.45, 7) is 1.96. The quantitative estimate of drug-likeness (QED) is 0.521. The van der Waals surface area contributed by atoms with Gasteiger partial charge in [0.15, 0.2) is 0 Å². The molecule has 6 nitrogen and oxygen atoms in total. The minimum Gasteiger partial charge on any atom is -0.508 e. The third-order valence-electron chi connectivity index (χ3n) is 4.86. The molecule has 7 heteroatoms. The van der Waals surface area contributed by atoms with Crippen LogP contribution in [0.5, 0.6) is 5.75 Å². The number of carboxylic acids is 1. The Balaban J connectivity index is 1.99. The van der Waals surface area contributed by atoms with Crippen molar-refractivity contribution < 1.29 is 20.1 Å². The summed E-state index contributed by atoms with van der Waals surface area (Å²) in [5, 5.41) is 28.0. The number of nitrogens with zero attached hydrogens (tertiary/aromatic N) is 1. The van der Waals surface area contributed by atoms with E-state index in [0.29, 0.717) is 25.9 Å². The number of carboxylic acid groups (broad SMARTS) is 1. The van der Waals surface area contributed by atoms with E-state index in [0.717, 1.165) is 18.5 Å². The van der Waals surface area contributed by atoms with Crippen molar-refractivity contribution in [3.8, 4) is 5.75 Å². The molecule has 0 saturated heterocycles. The first-order valence-electron chi connectivity index (χ1n) is 8.28. The fraction of sp³-hybridized carbons (Fsp3) is 0.588. The zero-order chi connectivity index (χ0) is 17.7. The number of aliphatic hydroxyl groups is 1. The monoisotopic (exact) mass is 332 g/mol. The normalized spacial score (nSPS) is 18.6. The molecule has 1 heterocycles.